The van der Waals surface area contributed by atoms with Gasteiger partial charge in [-0.15, -0.1) is 0 Å². The zero-order valence-electron chi connectivity index (χ0n) is 17.1. The van der Waals surface area contributed by atoms with Crippen LogP contribution in [0.3, 0.4) is 0 Å². The first-order valence-electron chi connectivity index (χ1n) is 9.51. The van der Waals surface area contributed by atoms with Crippen molar-refractivity contribution in [3.63, 3.8) is 0 Å². The van der Waals surface area contributed by atoms with Gasteiger partial charge in [0.2, 0.25) is 0 Å². The van der Waals surface area contributed by atoms with E-state index >= 15 is 0 Å². The fraction of sp³-hybridized carbons (Fsp3) is 0.273. The maximum Gasteiger partial charge on any atom is 0.338 e. The smallest absolute Gasteiger partial charge is 0.338 e. The average Bonchev–Trinajstić information content (AvgIpc) is 2.73. The van der Waals surface area contributed by atoms with Crippen LogP contribution in [-0.4, -0.2) is 38.8 Å². The molecule has 1 heterocycles. The number of ether oxygens (including phenoxy) is 1. The van der Waals surface area contributed by atoms with Gasteiger partial charge in [-0.25, -0.2) is 9.78 Å². The highest BCUT2D eigenvalue weighted by molar-refractivity contribution is 8.22. The Bertz CT molecular complexity index is 1130. The number of carbonyl (C=O) groups excluding carboxylic acids is 1. The molecule has 0 unspecified atom stereocenters. The number of H-pyrrole nitrogens is 1. The molecule has 0 atom stereocenters. The summed E-state index contributed by atoms with van der Waals surface area (Å²) in [5.74, 6) is 0.990. The highest BCUT2D eigenvalue weighted by Gasteiger charge is 2.10. The van der Waals surface area contributed by atoms with E-state index in [1.807, 2.05) is 42.3 Å². The molecular weight excluding hydrogens is 418 g/mol. The maximum atomic E-state index is 12.2. The van der Waals surface area contributed by atoms with Crippen LogP contribution in [0.15, 0.2) is 47.3 Å². The molecule has 1 aromatic heterocycles. The number of nitrogens with one attached hydrogen (secondary N) is 1. The summed E-state index contributed by atoms with van der Waals surface area (Å²) in [5, 5.41) is 0.576. The van der Waals surface area contributed by atoms with E-state index in [4.69, 9.17) is 17.0 Å². The molecule has 0 saturated heterocycles. The summed E-state index contributed by atoms with van der Waals surface area (Å²) in [4.78, 5) is 33.0. The summed E-state index contributed by atoms with van der Waals surface area (Å²) >= 11 is 7.10. The third-order valence-corrected chi connectivity index (χ3v) is 6.15. The van der Waals surface area contributed by atoms with E-state index in [1.165, 1.54) is 0 Å². The first kappa shape index (κ1) is 22.0. The lowest BCUT2D eigenvalue weighted by Gasteiger charge is -2.19. The van der Waals surface area contributed by atoms with Crippen LogP contribution < -0.4 is 5.56 Å². The van der Waals surface area contributed by atoms with Crippen molar-refractivity contribution in [2.24, 2.45) is 0 Å². The van der Waals surface area contributed by atoms with Gasteiger partial charge in [0, 0.05) is 19.3 Å². The number of thiocarbonyl (C=S) groups is 1. The fourth-order valence-electron chi connectivity index (χ4n) is 2.95. The number of nitrogens with zero attached hydrogens (tertiary/aromatic N) is 2. The average molecular weight is 442 g/mol. The molecule has 30 heavy (non-hydrogen) atoms. The van der Waals surface area contributed by atoms with Gasteiger partial charge in [-0.05, 0) is 49.2 Å². The monoisotopic (exact) mass is 441 g/mol. The number of benzene rings is 2. The van der Waals surface area contributed by atoms with Crippen LogP contribution in [0.25, 0.3) is 10.9 Å². The number of thioether (sulfide) groups is 1. The number of aromatic amines is 1. The summed E-state index contributed by atoms with van der Waals surface area (Å²) in [7, 11) is 1.93. The Hall–Kier alpha value is -2.71. The van der Waals surface area contributed by atoms with Gasteiger partial charge in [-0.3, -0.25) is 4.79 Å². The summed E-state index contributed by atoms with van der Waals surface area (Å²) in [6, 6.07) is 13.0. The van der Waals surface area contributed by atoms with Crippen molar-refractivity contribution in [3.05, 3.63) is 75.3 Å². The van der Waals surface area contributed by atoms with Crippen molar-refractivity contribution in [1.29, 1.82) is 0 Å². The molecule has 0 fully saturated rings. The molecule has 0 aliphatic rings. The van der Waals surface area contributed by atoms with Crippen LogP contribution in [-0.2, 0) is 17.0 Å². The van der Waals surface area contributed by atoms with Crippen molar-refractivity contribution < 1.29 is 9.53 Å². The van der Waals surface area contributed by atoms with Gasteiger partial charge in [0.1, 0.15) is 10.1 Å². The normalized spacial score (nSPS) is 10.8. The Labute approximate surface area is 184 Å². The predicted molar refractivity (Wildman–Crippen MR) is 125 cm³/mol. The molecule has 0 spiro atoms. The van der Waals surface area contributed by atoms with E-state index in [-0.39, 0.29) is 11.5 Å². The topological polar surface area (TPSA) is 75.3 Å². The van der Waals surface area contributed by atoms with Crippen LogP contribution in [0.1, 0.15) is 34.2 Å². The molecule has 0 radical (unpaired) electrons. The summed E-state index contributed by atoms with van der Waals surface area (Å²) in [5.41, 5.74) is 3.16. The lowest BCUT2D eigenvalue weighted by Crippen LogP contribution is -2.22. The number of hydrogen-bond acceptors (Lipinski definition) is 6. The minimum atomic E-state index is -0.313. The molecule has 0 saturated carbocycles. The van der Waals surface area contributed by atoms with Gasteiger partial charge in [0.05, 0.1) is 23.1 Å². The van der Waals surface area contributed by atoms with E-state index in [1.54, 1.807) is 37.7 Å². The second-order valence-corrected chi connectivity index (χ2v) is 8.44. The van der Waals surface area contributed by atoms with Crippen LogP contribution in [0.5, 0.6) is 0 Å². The van der Waals surface area contributed by atoms with Crippen molar-refractivity contribution in [1.82, 2.24) is 14.9 Å². The first-order chi connectivity index (χ1) is 14.4. The minimum absolute atomic E-state index is 0.134. The van der Waals surface area contributed by atoms with E-state index in [2.05, 4.69) is 9.97 Å². The Morgan fingerprint density at radius 1 is 1.20 bits per heavy atom. The standard InChI is InChI=1S/C22H23N3O3S2/c1-4-28-21(27)17-8-5-15(6-9-17)13-30-22(29)25(3)12-16-7-10-19-18(11-16)20(26)24-14(2)23-19/h5-11H,4,12-13H2,1-3H3,(H,23,24,26). The highest BCUT2D eigenvalue weighted by Crippen LogP contribution is 2.19. The molecule has 0 amide bonds. The molecule has 156 valence electrons. The molecule has 3 rings (SSSR count). The van der Waals surface area contributed by atoms with Gasteiger partial charge in [-0.1, -0.05) is 42.2 Å². The molecule has 0 aliphatic heterocycles. The summed E-state index contributed by atoms with van der Waals surface area (Å²) < 4.78 is 5.75. The second-order valence-electron chi connectivity index (χ2n) is 6.83. The Morgan fingerprint density at radius 3 is 2.60 bits per heavy atom. The Kier molecular flexibility index (Phi) is 7.23. The van der Waals surface area contributed by atoms with Crippen LogP contribution in [0.2, 0.25) is 0 Å². The van der Waals surface area contributed by atoms with E-state index < -0.39 is 0 Å². The third kappa shape index (κ3) is 5.46. The van der Waals surface area contributed by atoms with E-state index in [0.29, 0.717) is 41.2 Å². The molecule has 0 bridgehead atoms. The zero-order valence-corrected chi connectivity index (χ0v) is 18.7. The number of fused-ring (bicyclic) bond motifs is 1. The second kappa shape index (κ2) is 9.86. The SMILES string of the molecule is CCOC(=O)c1ccc(CSC(=S)N(C)Cc2ccc3nc(C)[nH]c(=O)c3c2)cc1. The van der Waals surface area contributed by atoms with Crippen LogP contribution >= 0.6 is 24.0 Å². The number of aromatic nitrogens is 2. The molecule has 0 aliphatic carbocycles. The van der Waals surface area contributed by atoms with Crippen molar-refractivity contribution in [2.75, 3.05) is 13.7 Å². The fourth-order valence-corrected chi connectivity index (χ4v) is 3.96. The number of rotatable bonds is 6. The van der Waals surface area contributed by atoms with Crippen molar-refractivity contribution >= 4 is 45.2 Å². The molecule has 6 nitrogen and oxygen atoms in total. The lowest BCUT2D eigenvalue weighted by atomic mass is 10.1. The Morgan fingerprint density at radius 2 is 1.90 bits per heavy atom. The number of hydrogen-bond donors (Lipinski definition) is 1. The molecule has 8 heteroatoms. The zero-order chi connectivity index (χ0) is 21.7. The number of esters is 1. The maximum absolute atomic E-state index is 12.2. The molecule has 3 aromatic rings. The van der Waals surface area contributed by atoms with Gasteiger partial charge in [0.25, 0.3) is 5.56 Å². The molecule has 1 N–H and O–H groups in total. The highest BCUT2D eigenvalue weighted by atomic mass is 32.2. The lowest BCUT2D eigenvalue weighted by molar-refractivity contribution is 0.0526. The third-order valence-electron chi connectivity index (χ3n) is 4.45. The minimum Gasteiger partial charge on any atom is -0.462 e. The van der Waals surface area contributed by atoms with Crippen molar-refractivity contribution in [3.8, 4) is 0 Å². The molecule has 2 aromatic carbocycles. The summed E-state index contributed by atoms with van der Waals surface area (Å²) in [6.45, 7) is 4.51. The van der Waals surface area contributed by atoms with Crippen LogP contribution in [0.4, 0.5) is 0 Å². The Balaban J connectivity index is 1.59. The summed E-state index contributed by atoms with van der Waals surface area (Å²) in [6.07, 6.45) is 0. The van der Waals surface area contributed by atoms with E-state index in [9.17, 15) is 9.59 Å². The van der Waals surface area contributed by atoms with Gasteiger partial charge >= 0.3 is 5.97 Å². The van der Waals surface area contributed by atoms with Gasteiger partial charge in [0.15, 0.2) is 0 Å². The predicted octanol–water partition coefficient (Wildman–Crippen LogP) is 4.06. The van der Waals surface area contributed by atoms with Gasteiger partial charge in [-0.2, -0.15) is 0 Å². The first-order valence-corrected chi connectivity index (χ1v) is 10.9. The molecular formula is C22H23N3O3S2. The largest absolute Gasteiger partial charge is 0.462 e. The number of carbonyl (C=O) groups is 1. The quantitative estimate of drug-likeness (QED) is 0.457. The number of aryl methyl sites for hydroxylation is 1. The van der Waals surface area contributed by atoms with Crippen molar-refractivity contribution in [2.45, 2.75) is 26.1 Å². The van der Waals surface area contributed by atoms with Gasteiger partial charge < -0.3 is 14.6 Å². The van der Waals surface area contributed by atoms with E-state index in [0.717, 1.165) is 15.4 Å². The van der Waals surface area contributed by atoms with Crippen LogP contribution in [0, 0.1) is 6.92 Å².